The number of hydrogen-bond acceptors (Lipinski definition) is 5. The fourth-order valence-corrected chi connectivity index (χ4v) is 4.35. The summed E-state index contributed by atoms with van der Waals surface area (Å²) in [5, 5.41) is 4.85. The van der Waals surface area contributed by atoms with Crippen LogP contribution in [0.1, 0.15) is 24.4 Å². The van der Waals surface area contributed by atoms with Gasteiger partial charge < -0.3 is 4.90 Å². The first-order valence-electron chi connectivity index (χ1n) is 9.33. The molecule has 1 aliphatic rings. The Hall–Kier alpha value is -2.54. The number of fused-ring (bicyclic) bond motifs is 1. The predicted molar refractivity (Wildman–Crippen MR) is 104 cm³/mol. The lowest BCUT2D eigenvalue weighted by atomic mass is 9.85. The molecule has 1 saturated heterocycles. The van der Waals surface area contributed by atoms with E-state index in [4.69, 9.17) is 0 Å². The number of hydrogen-bond donors (Lipinski definition) is 0. The molecule has 0 spiro atoms. The molecule has 0 unspecified atom stereocenters. The lowest BCUT2D eigenvalue weighted by molar-refractivity contribution is 0.124. The molecule has 3 heterocycles. The van der Waals surface area contributed by atoms with Gasteiger partial charge >= 0.3 is 0 Å². The van der Waals surface area contributed by atoms with Crippen LogP contribution in [0.3, 0.4) is 0 Å². The first kappa shape index (κ1) is 17.9. The van der Waals surface area contributed by atoms with Crippen LogP contribution in [0.15, 0.2) is 36.9 Å². The zero-order chi connectivity index (χ0) is 19.0. The normalized spacial score (nSPS) is 20.9. The fraction of sp³-hybridized carbons (Fsp3) is 0.450. The molecule has 7 heteroatoms. The van der Waals surface area contributed by atoms with Gasteiger partial charge in [-0.3, -0.25) is 9.58 Å². The molecule has 3 aromatic rings. The number of aromatic nitrogens is 4. The molecule has 2 atom stereocenters. The molecule has 6 nitrogen and oxygen atoms in total. The van der Waals surface area contributed by atoms with Crippen molar-refractivity contribution < 1.29 is 4.39 Å². The van der Waals surface area contributed by atoms with Crippen LogP contribution in [0.5, 0.6) is 0 Å². The quantitative estimate of drug-likeness (QED) is 0.709. The molecule has 142 valence electrons. The predicted octanol–water partition coefficient (Wildman–Crippen LogP) is 3.02. The Bertz CT molecular complexity index is 934. The summed E-state index contributed by atoms with van der Waals surface area (Å²) in [6.45, 7) is 1.87. The van der Waals surface area contributed by atoms with Crippen molar-refractivity contribution in [2.75, 3.05) is 32.1 Å². The monoisotopic (exact) mass is 368 g/mol. The van der Waals surface area contributed by atoms with Crippen LogP contribution in [0.4, 0.5) is 10.2 Å². The number of nitrogens with zero attached hydrogens (tertiary/aromatic N) is 6. The highest BCUT2D eigenvalue weighted by Crippen LogP contribution is 2.36. The van der Waals surface area contributed by atoms with E-state index < -0.39 is 0 Å². The number of aryl methyl sites for hydroxylation is 1. The first-order valence-corrected chi connectivity index (χ1v) is 9.33. The summed E-state index contributed by atoms with van der Waals surface area (Å²) in [7, 11) is 6.11. The molecule has 0 amide bonds. The van der Waals surface area contributed by atoms with E-state index in [1.165, 1.54) is 18.0 Å². The van der Waals surface area contributed by atoms with E-state index in [1.54, 1.807) is 6.07 Å². The van der Waals surface area contributed by atoms with Gasteiger partial charge in [-0.05, 0) is 44.5 Å². The Morgan fingerprint density at radius 3 is 2.89 bits per heavy atom. The molecule has 0 aliphatic carbocycles. The van der Waals surface area contributed by atoms with Crippen molar-refractivity contribution in [1.82, 2.24) is 24.6 Å². The maximum atomic E-state index is 14.5. The average molecular weight is 368 g/mol. The Morgan fingerprint density at radius 1 is 1.26 bits per heavy atom. The van der Waals surface area contributed by atoms with Gasteiger partial charge in [-0.2, -0.15) is 5.10 Å². The lowest BCUT2D eigenvalue weighted by Gasteiger charge is -2.40. The van der Waals surface area contributed by atoms with E-state index in [0.717, 1.165) is 25.9 Å². The zero-order valence-electron chi connectivity index (χ0n) is 16.0. The lowest BCUT2D eigenvalue weighted by Crippen LogP contribution is -2.41. The zero-order valence-corrected chi connectivity index (χ0v) is 16.0. The Morgan fingerprint density at radius 2 is 2.11 bits per heavy atom. The molecule has 0 radical (unpaired) electrons. The Labute approximate surface area is 158 Å². The second kappa shape index (κ2) is 7.23. The Balaban J connectivity index is 1.64. The van der Waals surface area contributed by atoms with E-state index in [9.17, 15) is 4.39 Å². The number of halogens is 1. The standard InChI is InChI=1S/C20H25FN6/c1-25-9-5-6-14(19(25)15-10-24-27(3)12-15)11-26(2)20-18-16(21)7-4-8-17(18)22-13-23-20/h4,7-8,10,12-14,19H,5-6,9,11H2,1-3H3/t14-,19+/m0/s1. The minimum Gasteiger partial charge on any atom is -0.359 e. The molecule has 0 saturated carbocycles. The highest BCUT2D eigenvalue weighted by Gasteiger charge is 2.32. The van der Waals surface area contributed by atoms with Gasteiger partial charge in [0.1, 0.15) is 18.0 Å². The van der Waals surface area contributed by atoms with Crippen LogP contribution in [-0.4, -0.2) is 51.8 Å². The minimum absolute atomic E-state index is 0.278. The molecule has 4 rings (SSSR count). The second-order valence-corrected chi connectivity index (χ2v) is 7.49. The van der Waals surface area contributed by atoms with E-state index in [1.807, 2.05) is 31.0 Å². The van der Waals surface area contributed by atoms with E-state index in [2.05, 4.69) is 38.1 Å². The van der Waals surface area contributed by atoms with Gasteiger partial charge in [-0.1, -0.05) is 6.07 Å². The second-order valence-electron chi connectivity index (χ2n) is 7.49. The third-order valence-electron chi connectivity index (χ3n) is 5.54. The SMILES string of the molecule is CN(C[C@@H]1CCCN(C)[C@H]1c1cnn(C)c1)c1ncnc2cccc(F)c12. The fourth-order valence-electron chi connectivity index (χ4n) is 4.35. The number of piperidine rings is 1. The third kappa shape index (κ3) is 3.39. The van der Waals surface area contributed by atoms with Crippen molar-refractivity contribution >= 4 is 16.7 Å². The van der Waals surface area contributed by atoms with Crippen LogP contribution >= 0.6 is 0 Å². The van der Waals surface area contributed by atoms with E-state index in [-0.39, 0.29) is 5.82 Å². The summed E-state index contributed by atoms with van der Waals surface area (Å²) in [5.41, 5.74) is 1.87. The average Bonchev–Trinajstić information content (AvgIpc) is 3.07. The van der Waals surface area contributed by atoms with Gasteiger partial charge in [0.25, 0.3) is 0 Å². The van der Waals surface area contributed by atoms with Crippen LogP contribution in [0.25, 0.3) is 10.9 Å². The van der Waals surface area contributed by atoms with Gasteiger partial charge in [0.15, 0.2) is 0 Å². The largest absolute Gasteiger partial charge is 0.359 e. The number of benzene rings is 1. The molecule has 1 aliphatic heterocycles. The molecule has 1 aromatic carbocycles. The van der Waals surface area contributed by atoms with Crippen molar-refractivity contribution in [2.45, 2.75) is 18.9 Å². The van der Waals surface area contributed by atoms with Crippen molar-refractivity contribution in [3.63, 3.8) is 0 Å². The smallest absolute Gasteiger partial charge is 0.142 e. The number of anilines is 1. The maximum absolute atomic E-state index is 14.5. The molecule has 0 bridgehead atoms. The summed E-state index contributed by atoms with van der Waals surface area (Å²) in [4.78, 5) is 13.1. The topological polar surface area (TPSA) is 50.1 Å². The van der Waals surface area contributed by atoms with Crippen LogP contribution in [0.2, 0.25) is 0 Å². The summed E-state index contributed by atoms with van der Waals surface area (Å²) in [6, 6.07) is 5.27. The minimum atomic E-state index is -0.278. The highest BCUT2D eigenvalue weighted by atomic mass is 19.1. The molecule has 2 aromatic heterocycles. The molecule has 0 N–H and O–H groups in total. The van der Waals surface area contributed by atoms with Crippen LogP contribution in [0, 0.1) is 11.7 Å². The molecular formula is C20H25FN6. The molecule has 27 heavy (non-hydrogen) atoms. The Kier molecular flexibility index (Phi) is 4.78. The summed E-state index contributed by atoms with van der Waals surface area (Å²) in [6.07, 6.45) is 7.85. The van der Waals surface area contributed by atoms with Crippen molar-refractivity contribution in [2.24, 2.45) is 13.0 Å². The van der Waals surface area contributed by atoms with Gasteiger partial charge in [0.05, 0.1) is 17.1 Å². The summed E-state index contributed by atoms with van der Waals surface area (Å²) < 4.78 is 16.3. The van der Waals surface area contributed by atoms with Crippen LogP contribution in [-0.2, 0) is 7.05 Å². The van der Waals surface area contributed by atoms with Crippen molar-refractivity contribution in [3.8, 4) is 0 Å². The third-order valence-corrected chi connectivity index (χ3v) is 5.54. The van der Waals surface area contributed by atoms with Gasteiger partial charge in [0, 0.05) is 38.4 Å². The van der Waals surface area contributed by atoms with Crippen molar-refractivity contribution in [3.05, 3.63) is 48.3 Å². The maximum Gasteiger partial charge on any atom is 0.142 e. The molecular weight excluding hydrogens is 343 g/mol. The van der Waals surface area contributed by atoms with Gasteiger partial charge in [0.2, 0.25) is 0 Å². The van der Waals surface area contributed by atoms with Crippen LogP contribution < -0.4 is 4.90 Å². The summed E-state index contributed by atoms with van der Waals surface area (Å²) >= 11 is 0. The molecule has 1 fully saturated rings. The number of rotatable bonds is 4. The van der Waals surface area contributed by atoms with Gasteiger partial charge in [-0.15, -0.1) is 0 Å². The number of likely N-dealkylation sites (tertiary alicyclic amines) is 1. The van der Waals surface area contributed by atoms with E-state index >= 15 is 0 Å². The highest BCUT2D eigenvalue weighted by molar-refractivity contribution is 5.89. The first-order chi connectivity index (χ1) is 13.0. The summed E-state index contributed by atoms with van der Waals surface area (Å²) in [5.74, 6) is 0.783. The van der Waals surface area contributed by atoms with Crippen molar-refractivity contribution in [1.29, 1.82) is 0 Å². The van der Waals surface area contributed by atoms with E-state index in [0.29, 0.717) is 28.7 Å². The van der Waals surface area contributed by atoms with Gasteiger partial charge in [-0.25, -0.2) is 14.4 Å².